The maximum atomic E-state index is 12.4. The second kappa shape index (κ2) is 9.51. The van der Waals surface area contributed by atoms with Crippen LogP contribution in [0.1, 0.15) is 49.8 Å². The number of amides is 1. The Labute approximate surface area is 159 Å². The largest absolute Gasteiger partial charge is 0.481 e. The van der Waals surface area contributed by atoms with Gasteiger partial charge in [0.15, 0.2) is 0 Å². The molecular formula is C20H29NO4S. The van der Waals surface area contributed by atoms with E-state index in [1.54, 1.807) is 11.3 Å². The fourth-order valence-electron chi connectivity index (χ4n) is 4.18. The van der Waals surface area contributed by atoms with Gasteiger partial charge in [-0.1, -0.05) is 12.5 Å². The third-order valence-corrected chi connectivity index (χ3v) is 6.64. The van der Waals surface area contributed by atoms with Gasteiger partial charge in [-0.3, -0.25) is 9.59 Å². The van der Waals surface area contributed by atoms with Crippen molar-refractivity contribution in [3.8, 4) is 0 Å². The molecule has 2 aliphatic rings. The zero-order valence-electron chi connectivity index (χ0n) is 15.3. The van der Waals surface area contributed by atoms with Gasteiger partial charge in [-0.05, 0) is 55.9 Å². The monoisotopic (exact) mass is 379 g/mol. The molecule has 2 fully saturated rings. The maximum Gasteiger partial charge on any atom is 0.309 e. The highest BCUT2D eigenvalue weighted by molar-refractivity contribution is 7.09. The topological polar surface area (TPSA) is 66.8 Å². The second-order valence-electron chi connectivity index (χ2n) is 7.43. The van der Waals surface area contributed by atoms with Gasteiger partial charge in [-0.2, -0.15) is 0 Å². The van der Waals surface area contributed by atoms with Crippen LogP contribution in [0.15, 0.2) is 17.5 Å². The number of carboxylic acids is 1. The molecule has 0 radical (unpaired) electrons. The van der Waals surface area contributed by atoms with Crippen LogP contribution < -0.4 is 0 Å². The van der Waals surface area contributed by atoms with Crippen molar-refractivity contribution < 1.29 is 19.4 Å². The minimum atomic E-state index is -0.742. The van der Waals surface area contributed by atoms with Gasteiger partial charge in [-0.25, -0.2) is 0 Å². The van der Waals surface area contributed by atoms with Crippen LogP contribution in [0, 0.1) is 11.8 Å². The van der Waals surface area contributed by atoms with E-state index in [1.807, 2.05) is 4.90 Å². The van der Waals surface area contributed by atoms with E-state index in [2.05, 4.69) is 17.5 Å². The quantitative estimate of drug-likeness (QED) is 0.701. The Hall–Kier alpha value is -1.40. The predicted octanol–water partition coefficient (Wildman–Crippen LogP) is 3.58. The van der Waals surface area contributed by atoms with Crippen LogP contribution in [0.2, 0.25) is 0 Å². The number of aryl methyl sites for hydroxylation is 1. The van der Waals surface area contributed by atoms with Crippen molar-refractivity contribution >= 4 is 23.2 Å². The van der Waals surface area contributed by atoms with Gasteiger partial charge in [0, 0.05) is 31.0 Å². The molecule has 2 saturated heterocycles. The number of likely N-dealkylation sites (tertiary alicyclic amines) is 1. The number of hydrogen-bond donors (Lipinski definition) is 1. The summed E-state index contributed by atoms with van der Waals surface area (Å²) in [6.07, 6.45) is 7.11. The molecule has 1 N–H and O–H groups in total. The standard InChI is InChI=1S/C20H29NO4S/c22-18(7-3-1-2-5-16-6-4-14-26-16)21-11-8-15(9-12-21)19-17(20(23)24)10-13-25-19/h4,6,14-15,17,19H,1-3,5,7-13H2,(H,23,24)/t17?,19-/m0/s1. The fraction of sp³-hybridized carbons (Fsp3) is 0.700. The van der Waals surface area contributed by atoms with Crippen LogP contribution in [0.4, 0.5) is 0 Å². The number of unbranched alkanes of at least 4 members (excludes halogenated alkanes) is 2. The summed E-state index contributed by atoms with van der Waals surface area (Å²) in [5.74, 6) is -0.589. The van der Waals surface area contributed by atoms with Crippen molar-refractivity contribution in [2.24, 2.45) is 11.8 Å². The Morgan fingerprint density at radius 3 is 2.69 bits per heavy atom. The molecule has 1 unspecified atom stereocenters. The average Bonchev–Trinajstić information content (AvgIpc) is 3.33. The van der Waals surface area contributed by atoms with E-state index in [0.717, 1.165) is 51.6 Å². The van der Waals surface area contributed by atoms with Crippen LogP contribution in [0.3, 0.4) is 0 Å². The van der Waals surface area contributed by atoms with Gasteiger partial charge in [0.25, 0.3) is 0 Å². The van der Waals surface area contributed by atoms with E-state index in [1.165, 1.54) is 4.88 Å². The first-order valence-electron chi connectivity index (χ1n) is 9.79. The van der Waals surface area contributed by atoms with Crippen LogP contribution in [-0.2, 0) is 20.7 Å². The van der Waals surface area contributed by atoms with E-state index in [-0.39, 0.29) is 23.8 Å². The van der Waals surface area contributed by atoms with Crippen LogP contribution in [0.25, 0.3) is 0 Å². The molecule has 0 spiro atoms. The minimum Gasteiger partial charge on any atom is -0.481 e. The summed E-state index contributed by atoms with van der Waals surface area (Å²) in [7, 11) is 0. The third-order valence-electron chi connectivity index (χ3n) is 5.70. The van der Waals surface area contributed by atoms with E-state index in [4.69, 9.17) is 4.74 Å². The first-order valence-corrected chi connectivity index (χ1v) is 10.7. The number of hydrogen-bond acceptors (Lipinski definition) is 4. The number of ether oxygens (including phenoxy) is 1. The van der Waals surface area contributed by atoms with Crippen molar-refractivity contribution in [3.05, 3.63) is 22.4 Å². The molecule has 2 atom stereocenters. The summed E-state index contributed by atoms with van der Waals surface area (Å²) in [6, 6.07) is 4.26. The summed E-state index contributed by atoms with van der Waals surface area (Å²) < 4.78 is 5.70. The molecule has 0 saturated carbocycles. The molecular weight excluding hydrogens is 350 g/mol. The van der Waals surface area contributed by atoms with Crippen molar-refractivity contribution in [1.29, 1.82) is 0 Å². The summed E-state index contributed by atoms with van der Waals surface area (Å²) in [4.78, 5) is 27.1. The number of thiophene rings is 1. The number of carbonyl (C=O) groups is 2. The van der Waals surface area contributed by atoms with Crippen molar-refractivity contribution in [2.75, 3.05) is 19.7 Å². The van der Waals surface area contributed by atoms with Gasteiger partial charge in [0.1, 0.15) is 0 Å². The van der Waals surface area contributed by atoms with Gasteiger partial charge in [-0.15, -0.1) is 11.3 Å². The molecule has 1 aromatic rings. The van der Waals surface area contributed by atoms with Gasteiger partial charge in [0.05, 0.1) is 12.0 Å². The first-order chi connectivity index (χ1) is 12.6. The third kappa shape index (κ3) is 5.07. The van der Waals surface area contributed by atoms with Crippen molar-refractivity contribution in [2.45, 2.75) is 57.5 Å². The molecule has 3 rings (SSSR count). The minimum absolute atomic E-state index is 0.165. The number of nitrogens with zero attached hydrogens (tertiary/aromatic N) is 1. The van der Waals surface area contributed by atoms with Gasteiger partial charge in [0.2, 0.25) is 5.91 Å². The number of carbonyl (C=O) groups excluding carboxylic acids is 1. The van der Waals surface area contributed by atoms with Crippen molar-refractivity contribution in [3.63, 3.8) is 0 Å². The Kier molecular flexibility index (Phi) is 7.08. The highest BCUT2D eigenvalue weighted by Gasteiger charge is 2.40. The zero-order valence-corrected chi connectivity index (χ0v) is 16.1. The lowest BCUT2D eigenvalue weighted by atomic mass is 9.84. The summed E-state index contributed by atoms with van der Waals surface area (Å²) >= 11 is 1.80. The number of aliphatic carboxylic acids is 1. The maximum absolute atomic E-state index is 12.4. The molecule has 26 heavy (non-hydrogen) atoms. The molecule has 5 nitrogen and oxygen atoms in total. The molecule has 0 bridgehead atoms. The molecule has 2 aliphatic heterocycles. The van der Waals surface area contributed by atoms with Crippen LogP contribution in [0.5, 0.6) is 0 Å². The second-order valence-corrected chi connectivity index (χ2v) is 8.46. The van der Waals surface area contributed by atoms with E-state index < -0.39 is 5.97 Å². The lowest BCUT2D eigenvalue weighted by Gasteiger charge is -2.35. The Morgan fingerprint density at radius 2 is 2.00 bits per heavy atom. The van der Waals surface area contributed by atoms with E-state index in [0.29, 0.717) is 19.4 Å². The van der Waals surface area contributed by atoms with E-state index in [9.17, 15) is 14.7 Å². The normalized spacial score (nSPS) is 24.1. The van der Waals surface area contributed by atoms with Crippen molar-refractivity contribution in [1.82, 2.24) is 4.90 Å². The molecule has 0 aliphatic carbocycles. The summed E-state index contributed by atoms with van der Waals surface area (Å²) in [6.45, 7) is 2.03. The average molecular weight is 380 g/mol. The molecule has 144 valence electrons. The van der Waals surface area contributed by atoms with Crippen LogP contribution >= 0.6 is 11.3 Å². The lowest BCUT2D eigenvalue weighted by Crippen LogP contribution is -2.43. The highest BCUT2D eigenvalue weighted by atomic mass is 32.1. The summed E-state index contributed by atoms with van der Waals surface area (Å²) in [5, 5.41) is 11.4. The number of piperidine rings is 1. The molecule has 6 heteroatoms. The molecule has 1 aromatic heterocycles. The number of carboxylic acid groups (broad SMARTS) is 1. The summed E-state index contributed by atoms with van der Waals surface area (Å²) in [5.41, 5.74) is 0. The fourth-order valence-corrected chi connectivity index (χ4v) is 4.93. The van der Waals surface area contributed by atoms with Crippen LogP contribution in [-0.4, -0.2) is 47.7 Å². The Morgan fingerprint density at radius 1 is 1.19 bits per heavy atom. The highest BCUT2D eigenvalue weighted by Crippen LogP contribution is 2.33. The number of rotatable bonds is 8. The van der Waals surface area contributed by atoms with Gasteiger partial charge >= 0.3 is 5.97 Å². The van der Waals surface area contributed by atoms with E-state index >= 15 is 0 Å². The van der Waals surface area contributed by atoms with Gasteiger partial charge < -0.3 is 14.7 Å². The molecule has 1 amide bonds. The Bertz CT molecular complexity index is 581. The zero-order chi connectivity index (χ0) is 18.4. The molecule has 3 heterocycles. The predicted molar refractivity (Wildman–Crippen MR) is 101 cm³/mol. The Balaban J connectivity index is 1.32. The SMILES string of the molecule is O=C(O)C1CCO[C@H]1C1CCN(C(=O)CCCCCc2cccs2)CC1. The first kappa shape index (κ1) is 19.4. The molecule has 0 aromatic carbocycles. The lowest BCUT2D eigenvalue weighted by molar-refractivity contribution is -0.146. The smallest absolute Gasteiger partial charge is 0.309 e.